The molecule has 2 rings (SSSR count). The summed E-state index contributed by atoms with van der Waals surface area (Å²) in [7, 11) is 0. The highest BCUT2D eigenvalue weighted by atomic mass is 32.2. The predicted molar refractivity (Wildman–Crippen MR) is 80.2 cm³/mol. The van der Waals surface area contributed by atoms with Crippen molar-refractivity contribution in [1.82, 2.24) is 5.32 Å². The lowest BCUT2D eigenvalue weighted by Gasteiger charge is -2.39. The van der Waals surface area contributed by atoms with Gasteiger partial charge in [0.05, 0.1) is 0 Å². The van der Waals surface area contributed by atoms with Gasteiger partial charge < -0.3 is 10.4 Å². The van der Waals surface area contributed by atoms with Crippen LogP contribution < -0.4 is 5.32 Å². The van der Waals surface area contributed by atoms with Gasteiger partial charge in [-0.25, -0.2) is 0 Å². The first-order chi connectivity index (χ1) is 8.79. The van der Waals surface area contributed by atoms with Crippen LogP contribution in [0.1, 0.15) is 57.8 Å². The molecule has 0 heterocycles. The summed E-state index contributed by atoms with van der Waals surface area (Å²) < 4.78 is 0. The third-order valence-corrected chi connectivity index (χ3v) is 6.16. The van der Waals surface area contributed by atoms with Crippen molar-refractivity contribution in [3.05, 3.63) is 0 Å². The zero-order chi connectivity index (χ0) is 12.8. The molecule has 2 fully saturated rings. The summed E-state index contributed by atoms with van der Waals surface area (Å²) >= 11 is 2.02. The predicted octanol–water partition coefficient (Wildman–Crippen LogP) is 3.19. The van der Waals surface area contributed by atoms with Crippen molar-refractivity contribution in [2.45, 2.75) is 69.1 Å². The van der Waals surface area contributed by atoms with Crippen LogP contribution in [0.3, 0.4) is 0 Å². The van der Waals surface area contributed by atoms with Gasteiger partial charge in [-0.15, -0.1) is 0 Å². The molecule has 2 aliphatic rings. The Bertz CT molecular complexity index is 241. The van der Waals surface area contributed by atoms with Crippen LogP contribution in [0.15, 0.2) is 0 Å². The van der Waals surface area contributed by atoms with Gasteiger partial charge in [0.25, 0.3) is 0 Å². The molecular formula is C15H29NOS. The van der Waals surface area contributed by atoms with Crippen LogP contribution in [0.5, 0.6) is 0 Å². The Morgan fingerprint density at radius 1 is 1.11 bits per heavy atom. The Labute approximate surface area is 116 Å². The summed E-state index contributed by atoms with van der Waals surface area (Å²) in [6.45, 7) is 1.40. The Morgan fingerprint density at radius 2 is 1.83 bits per heavy atom. The van der Waals surface area contributed by atoms with E-state index in [0.29, 0.717) is 12.6 Å². The number of aliphatic hydroxyl groups is 1. The average molecular weight is 271 g/mol. The number of nitrogens with one attached hydrogen (secondary N) is 1. The lowest BCUT2D eigenvalue weighted by Crippen LogP contribution is -2.47. The molecule has 2 saturated carbocycles. The van der Waals surface area contributed by atoms with Crippen molar-refractivity contribution in [1.29, 1.82) is 0 Å². The van der Waals surface area contributed by atoms with Crippen molar-refractivity contribution in [2.75, 3.05) is 19.4 Å². The van der Waals surface area contributed by atoms with Gasteiger partial charge in [-0.1, -0.05) is 32.1 Å². The van der Waals surface area contributed by atoms with E-state index in [1.54, 1.807) is 0 Å². The molecule has 0 bridgehead atoms. The minimum atomic E-state index is 0.193. The quantitative estimate of drug-likeness (QED) is 0.805. The average Bonchev–Trinajstić information content (AvgIpc) is 2.46. The molecule has 2 atom stereocenters. The monoisotopic (exact) mass is 271 g/mol. The maximum Gasteiger partial charge on any atom is 0.0499 e. The second kappa shape index (κ2) is 7.16. The molecule has 106 valence electrons. The van der Waals surface area contributed by atoms with Crippen molar-refractivity contribution in [2.24, 2.45) is 5.41 Å². The van der Waals surface area contributed by atoms with Gasteiger partial charge in [-0.3, -0.25) is 0 Å². The summed E-state index contributed by atoms with van der Waals surface area (Å²) in [6, 6.07) is 0.680. The first-order valence-electron chi connectivity index (χ1n) is 7.67. The normalized spacial score (nSPS) is 32.3. The van der Waals surface area contributed by atoms with Gasteiger partial charge in [0.1, 0.15) is 0 Å². The zero-order valence-electron chi connectivity index (χ0n) is 11.8. The molecule has 2 N–H and O–H groups in total. The molecule has 0 amide bonds. The molecule has 2 unspecified atom stereocenters. The molecule has 18 heavy (non-hydrogen) atoms. The number of hydrogen-bond donors (Lipinski definition) is 2. The summed E-state index contributed by atoms with van der Waals surface area (Å²) in [4.78, 5) is 0. The number of rotatable bonds is 5. The van der Waals surface area contributed by atoms with Crippen molar-refractivity contribution >= 4 is 11.8 Å². The highest BCUT2D eigenvalue weighted by Gasteiger charge is 2.33. The van der Waals surface area contributed by atoms with E-state index < -0.39 is 0 Å². The van der Waals surface area contributed by atoms with Crippen molar-refractivity contribution < 1.29 is 5.11 Å². The van der Waals surface area contributed by atoms with E-state index in [9.17, 15) is 5.11 Å². The lowest BCUT2D eigenvalue weighted by molar-refractivity contribution is 0.0769. The molecular weight excluding hydrogens is 242 g/mol. The van der Waals surface area contributed by atoms with Crippen LogP contribution in [0, 0.1) is 5.41 Å². The maximum atomic E-state index is 9.75. The maximum absolute atomic E-state index is 9.75. The van der Waals surface area contributed by atoms with Crippen LogP contribution in [-0.4, -0.2) is 35.8 Å². The van der Waals surface area contributed by atoms with Gasteiger partial charge in [0.2, 0.25) is 0 Å². The molecule has 0 saturated heterocycles. The molecule has 2 aliphatic carbocycles. The number of hydrogen-bond acceptors (Lipinski definition) is 3. The Morgan fingerprint density at radius 3 is 2.50 bits per heavy atom. The fourth-order valence-corrected chi connectivity index (χ4v) is 4.62. The smallest absolute Gasteiger partial charge is 0.0499 e. The lowest BCUT2D eigenvalue weighted by atomic mass is 9.74. The van der Waals surface area contributed by atoms with E-state index in [2.05, 4.69) is 11.6 Å². The molecule has 0 spiro atoms. The highest BCUT2D eigenvalue weighted by Crippen LogP contribution is 2.36. The van der Waals surface area contributed by atoms with E-state index >= 15 is 0 Å². The van der Waals surface area contributed by atoms with Crippen molar-refractivity contribution in [3.8, 4) is 0 Å². The fourth-order valence-electron chi connectivity index (χ4n) is 3.65. The van der Waals surface area contributed by atoms with E-state index in [0.717, 1.165) is 11.8 Å². The SMILES string of the molecule is CSC1CCCCC1NCC1(CO)CCCCC1. The second-order valence-corrected chi connectivity index (χ2v) is 7.34. The third-order valence-electron chi connectivity index (χ3n) is 4.99. The molecule has 2 nitrogen and oxygen atoms in total. The molecule has 0 aliphatic heterocycles. The van der Waals surface area contributed by atoms with Crippen LogP contribution in [0.2, 0.25) is 0 Å². The Kier molecular flexibility index (Phi) is 5.84. The fraction of sp³-hybridized carbons (Fsp3) is 1.00. The first kappa shape index (κ1) is 14.7. The molecule has 0 aromatic heterocycles. The number of aliphatic hydroxyl groups excluding tert-OH is 1. The van der Waals surface area contributed by atoms with Gasteiger partial charge in [-0.05, 0) is 31.9 Å². The van der Waals surface area contributed by atoms with Crippen LogP contribution >= 0.6 is 11.8 Å². The van der Waals surface area contributed by atoms with Crippen molar-refractivity contribution in [3.63, 3.8) is 0 Å². The topological polar surface area (TPSA) is 32.3 Å². The molecule has 3 heteroatoms. The molecule has 0 radical (unpaired) electrons. The Hall–Kier alpha value is 0.270. The highest BCUT2D eigenvalue weighted by molar-refractivity contribution is 7.99. The Balaban J connectivity index is 1.84. The second-order valence-electron chi connectivity index (χ2n) is 6.26. The number of thioether (sulfide) groups is 1. The zero-order valence-corrected chi connectivity index (χ0v) is 12.6. The molecule has 0 aromatic rings. The summed E-state index contributed by atoms with van der Waals surface area (Å²) in [5.41, 5.74) is 0.193. The first-order valence-corrected chi connectivity index (χ1v) is 8.95. The van der Waals surface area contributed by atoms with E-state index in [1.807, 2.05) is 11.8 Å². The van der Waals surface area contributed by atoms with Gasteiger partial charge in [-0.2, -0.15) is 11.8 Å². The summed E-state index contributed by atoms with van der Waals surface area (Å²) in [6.07, 6.45) is 14.1. The standard InChI is InChI=1S/C15H29NOS/c1-18-14-8-4-3-7-13(14)16-11-15(12-17)9-5-2-6-10-15/h13-14,16-17H,2-12H2,1H3. The van der Waals surface area contributed by atoms with E-state index in [1.165, 1.54) is 57.8 Å². The molecule has 0 aromatic carbocycles. The summed E-state index contributed by atoms with van der Waals surface area (Å²) in [5, 5.41) is 14.3. The van der Waals surface area contributed by atoms with E-state index in [-0.39, 0.29) is 5.41 Å². The van der Waals surface area contributed by atoms with E-state index in [4.69, 9.17) is 0 Å². The van der Waals surface area contributed by atoms with Crippen LogP contribution in [-0.2, 0) is 0 Å². The minimum Gasteiger partial charge on any atom is -0.396 e. The van der Waals surface area contributed by atoms with Gasteiger partial charge in [0, 0.05) is 29.9 Å². The largest absolute Gasteiger partial charge is 0.396 e. The van der Waals surface area contributed by atoms with Gasteiger partial charge in [0.15, 0.2) is 0 Å². The minimum absolute atomic E-state index is 0.193. The third kappa shape index (κ3) is 3.64. The van der Waals surface area contributed by atoms with Crippen LogP contribution in [0.25, 0.3) is 0 Å². The van der Waals surface area contributed by atoms with Crippen LogP contribution in [0.4, 0.5) is 0 Å². The summed E-state index contributed by atoms with van der Waals surface area (Å²) in [5.74, 6) is 0. The van der Waals surface area contributed by atoms with Gasteiger partial charge >= 0.3 is 0 Å².